The van der Waals surface area contributed by atoms with Crippen molar-refractivity contribution in [1.29, 1.82) is 0 Å². The second-order valence-electron chi connectivity index (χ2n) is 19.3. The molecule has 16 heteroatoms. The van der Waals surface area contributed by atoms with Gasteiger partial charge in [0.2, 0.25) is 11.8 Å². The fourth-order valence-electron chi connectivity index (χ4n) is 10.7. The lowest BCUT2D eigenvalue weighted by molar-refractivity contribution is -0.141. The highest BCUT2D eigenvalue weighted by molar-refractivity contribution is 7.13. The molecule has 15 nitrogen and oxygen atoms in total. The molecule has 7 atom stereocenters. The van der Waals surface area contributed by atoms with Crippen LogP contribution in [0.2, 0.25) is 0 Å². The fraction of sp³-hybridized carbons (Fsp3) is 0.520. The highest BCUT2D eigenvalue weighted by atomic mass is 32.1. The van der Waals surface area contributed by atoms with Crippen LogP contribution in [0.4, 0.5) is 5.69 Å². The topological polar surface area (TPSA) is 174 Å². The van der Waals surface area contributed by atoms with Crippen LogP contribution in [0.5, 0.6) is 11.6 Å². The molecule has 9 rings (SSSR count). The number of nitrogens with zero attached hydrogens (tertiary/aromatic N) is 8. The third-order valence-electron chi connectivity index (χ3n) is 14.3. The lowest BCUT2D eigenvalue weighted by atomic mass is 9.86. The maximum atomic E-state index is 14.3. The summed E-state index contributed by atoms with van der Waals surface area (Å²) in [7, 11) is 0. The Bertz CT molecular complexity index is 2490. The third kappa shape index (κ3) is 9.55. The number of rotatable bonds is 13. The predicted molar refractivity (Wildman–Crippen MR) is 253 cm³/mol. The number of β-amino-alcohol motifs (C(OH)–C–C–N with tert-alkyl or cyclic N) is 1. The first-order valence-electron chi connectivity index (χ1n) is 23.6. The summed E-state index contributed by atoms with van der Waals surface area (Å²) in [5.74, 6) is -0.103. The largest absolute Gasteiger partial charge is 0.507 e. The van der Waals surface area contributed by atoms with Crippen LogP contribution in [0.1, 0.15) is 88.6 Å². The Morgan fingerprint density at radius 1 is 0.985 bits per heavy atom. The number of piperazine rings is 1. The van der Waals surface area contributed by atoms with Crippen LogP contribution < -0.4 is 15.0 Å². The molecule has 2 aromatic carbocycles. The zero-order valence-electron chi connectivity index (χ0n) is 38.8. The number of piperidine rings is 1. The molecule has 350 valence electrons. The van der Waals surface area contributed by atoms with E-state index in [4.69, 9.17) is 9.26 Å². The third-order valence-corrected chi connectivity index (χ3v) is 15.2. The van der Waals surface area contributed by atoms with E-state index in [9.17, 15) is 19.8 Å². The summed E-state index contributed by atoms with van der Waals surface area (Å²) in [6.07, 6.45) is 2.24. The van der Waals surface area contributed by atoms with Crippen molar-refractivity contribution in [2.24, 2.45) is 11.8 Å². The summed E-state index contributed by atoms with van der Waals surface area (Å²) in [5.41, 5.74) is 8.42. The fourth-order valence-corrected chi connectivity index (χ4v) is 11.5. The summed E-state index contributed by atoms with van der Waals surface area (Å²) in [6.45, 7) is 17.9. The number of hydrogen-bond acceptors (Lipinski definition) is 14. The lowest BCUT2D eigenvalue weighted by Gasteiger charge is -2.51. The van der Waals surface area contributed by atoms with Gasteiger partial charge in [-0.25, -0.2) is 4.98 Å². The van der Waals surface area contributed by atoms with Gasteiger partial charge in [-0.05, 0) is 99.4 Å². The van der Waals surface area contributed by atoms with Crippen LogP contribution in [-0.4, -0.2) is 133 Å². The Kier molecular flexibility index (Phi) is 13.5. The average Bonchev–Trinajstić information content (AvgIpc) is 4.06. The molecule has 0 bridgehead atoms. The molecule has 3 fully saturated rings. The first kappa shape index (κ1) is 45.7. The van der Waals surface area contributed by atoms with Gasteiger partial charge in [-0.1, -0.05) is 57.2 Å². The van der Waals surface area contributed by atoms with Gasteiger partial charge in [-0.15, -0.1) is 16.4 Å². The normalized spacial score (nSPS) is 23.0. The standard InChI is InChI=1S/C50H63N9O6S/c1-29(2)47(50(63)59-26-37(60)22-42(59)49(62)52-32(5)34-11-13-35(14-12-34)48-33(6)51-28-66-48)45-24-46(55-65-45)64-31(4)25-56-17-15-36(16-18-56)57-19-20-58-41-23-39(38-9-7-8-10-44(38)61)53-54-40(41)21-30(3)43(58)27-57/h7-14,23-24,28-32,36-37,42-43,47,60-61H,15-22,25-27H2,1-6H3,(H,52,62)/t30?,31-,32-,37+,42-,43?,47+/m0/s1. The van der Waals surface area contributed by atoms with Crippen molar-refractivity contribution in [3.8, 4) is 33.3 Å². The van der Waals surface area contributed by atoms with Crippen molar-refractivity contribution in [3.05, 3.63) is 88.9 Å². The number of anilines is 1. The summed E-state index contributed by atoms with van der Waals surface area (Å²) in [6, 6.07) is 19.0. The number of phenols is 1. The molecule has 0 aliphatic carbocycles. The van der Waals surface area contributed by atoms with Crippen LogP contribution in [0, 0.1) is 18.8 Å². The molecule has 66 heavy (non-hydrogen) atoms. The molecule has 4 aliphatic rings. The Morgan fingerprint density at radius 2 is 1.76 bits per heavy atom. The number of fused-ring (bicyclic) bond motifs is 3. The first-order valence-corrected chi connectivity index (χ1v) is 24.5. The maximum absolute atomic E-state index is 14.3. The number of amides is 2. The minimum absolute atomic E-state index is 0.0609. The van der Waals surface area contributed by atoms with E-state index in [0.29, 0.717) is 40.9 Å². The summed E-state index contributed by atoms with van der Waals surface area (Å²) >= 11 is 1.60. The van der Waals surface area contributed by atoms with E-state index in [-0.39, 0.29) is 48.6 Å². The van der Waals surface area contributed by atoms with Crippen LogP contribution in [-0.2, 0) is 16.0 Å². The Balaban J connectivity index is 0.762. The number of aliphatic hydroxyl groups is 1. The Morgan fingerprint density at radius 3 is 2.48 bits per heavy atom. The van der Waals surface area contributed by atoms with Gasteiger partial charge in [0.25, 0.3) is 5.88 Å². The van der Waals surface area contributed by atoms with Gasteiger partial charge in [0.1, 0.15) is 23.8 Å². The number of aromatic nitrogens is 4. The first-order chi connectivity index (χ1) is 31.8. The van der Waals surface area contributed by atoms with E-state index in [1.807, 2.05) is 82.6 Å². The van der Waals surface area contributed by atoms with Crippen LogP contribution in [0.3, 0.4) is 0 Å². The van der Waals surface area contributed by atoms with Crippen LogP contribution in [0.15, 0.2) is 70.7 Å². The SMILES string of the molecule is Cc1ncsc1-c1ccc([C@H](C)NC(=O)[C@@H]2C[C@@H](O)CN2C(=O)[C@@H](c2cc(O[C@@H](C)CN3CCC(N4CCN5c6cc(-c7ccccc7O)nnc6CC(C)C5C4)CC3)no2)C(C)C)cc1. The number of benzene rings is 2. The van der Waals surface area contributed by atoms with Gasteiger partial charge in [-0.2, -0.15) is 5.10 Å². The zero-order chi connectivity index (χ0) is 46.2. The monoisotopic (exact) mass is 917 g/mol. The van der Waals surface area contributed by atoms with Crippen molar-refractivity contribution >= 4 is 28.8 Å². The van der Waals surface area contributed by atoms with Gasteiger partial charge in [-0.3, -0.25) is 19.4 Å². The van der Waals surface area contributed by atoms with Crippen LogP contribution >= 0.6 is 11.3 Å². The predicted octanol–water partition coefficient (Wildman–Crippen LogP) is 6.46. The van der Waals surface area contributed by atoms with E-state index >= 15 is 0 Å². The number of nitrogens with one attached hydrogen (secondary N) is 1. The molecule has 3 aromatic heterocycles. The highest BCUT2D eigenvalue weighted by Crippen LogP contribution is 2.39. The molecule has 0 spiro atoms. The van der Waals surface area contributed by atoms with Crippen molar-refractivity contribution in [2.45, 2.75) is 110 Å². The lowest BCUT2D eigenvalue weighted by Crippen LogP contribution is -2.61. The minimum Gasteiger partial charge on any atom is -0.507 e. The molecule has 7 heterocycles. The second-order valence-corrected chi connectivity index (χ2v) is 20.1. The number of carbonyl (C=O) groups excluding carboxylic acids is 2. The van der Waals surface area contributed by atoms with Gasteiger partial charge < -0.3 is 34.6 Å². The smallest absolute Gasteiger partial charge is 0.254 e. The number of likely N-dealkylation sites (tertiary alicyclic amines) is 2. The number of ether oxygens (including phenoxy) is 1. The van der Waals surface area contributed by atoms with E-state index in [1.54, 1.807) is 23.5 Å². The van der Waals surface area contributed by atoms with Gasteiger partial charge in [0.15, 0.2) is 5.76 Å². The maximum Gasteiger partial charge on any atom is 0.254 e. The molecular formula is C50H63N9O6S. The quantitative estimate of drug-likeness (QED) is 0.118. The molecular weight excluding hydrogens is 855 g/mol. The summed E-state index contributed by atoms with van der Waals surface area (Å²) in [4.78, 5) is 42.7. The van der Waals surface area contributed by atoms with E-state index < -0.39 is 18.1 Å². The molecule has 2 unspecified atom stereocenters. The van der Waals surface area contributed by atoms with Gasteiger partial charge in [0, 0.05) is 62.9 Å². The summed E-state index contributed by atoms with van der Waals surface area (Å²) in [5, 5.41) is 37.7. The number of aromatic hydroxyl groups is 1. The van der Waals surface area contributed by atoms with Crippen molar-refractivity contribution < 1.29 is 29.1 Å². The molecule has 5 aromatic rings. The van der Waals surface area contributed by atoms with Gasteiger partial charge in [0.05, 0.1) is 45.3 Å². The average molecular weight is 918 g/mol. The number of aryl methyl sites for hydroxylation is 1. The Hall–Kier alpha value is -5.42. The molecule has 3 N–H and O–H groups in total. The van der Waals surface area contributed by atoms with Crippen LogP contribution in [0.25, 0.3) is 21.7 Å². The number of phenolic OH excluding ortho intramolecular Hbond substituents is 1. The molecule has 4 aliphatic heterocycles. The molecule has 0 saturated carbocycles. The zero-order valence-corrected chi connectivity index (χ0v) is 39.7. The number of hydrogen-bond donors (Lipinski definition) is 3. The Labute approximate surface area is 391 Å². The molecule has 3 saturated heterocycles. The number of aliphatic hydroxyl groups excluding tert-OH is 1. The van der Waals surface area contributed by atoms with Crippen molar-refractivity contribution in [1.82, 2.24) is 40.4 Å². The van der Waals surface area contributed by atoms with E-state index in [1.165, 1.54) is 4.90 Å². The van der Waals surface area contributed by atoms with Gasteiger partial charge >= 0.3 is 0 Å². The van der Waals surface area contributed by atoms with E-state index in [0.717, 1.165) is 91.6 Å². The number of para-hydroxylation sites is 1. The summed E-state index contributed by atoms with van der Waals surface area (Å²) < 4.78 is 12.1. The minimum atomic E-state index is -0.822. The van der Waals surface area contributed by atoms with Crippen molar-refractivity contribution in [2.75, 3.05) is 50.7 Å². The van der Waals surface area contributed by atoms with Crippen molar-refractivity contribution in [3.63, 3.8) is 0 Å². The number of carbonyl (C=O) groups is 2. The molecule has 2 amide bonds. The molecule has 0 radical (unpaired) electrons. The second kappa shape index (κ2) is 19.4. The van der Waals surface area contributed by atoms with E-state index in [2.05, 4.69) is 53.3 Å². The number of thiazole rings is 1. The highest BCUT2D eigenvalue weighted by Gasteiger charge is 2.44.